The van der Waals surface area contributed by atoms with Crippen LogP contribution < -0.4 is 5.32 Å². The molecule has 1 N–H and O–H groups in total. The van der Waals surface area contributed by atoms with E-state index in [-0.39, 0.29) is 17.2 Å². The maximum atomic E-state index is 13.1. The lowest BCUT2D eigenvalue weighted by Crippen LogP contribution is -2.55. The van der Waals surface area contributed by atoms with Gasteiger partial charge in [-0.05, 0) is 78.6 Å². The van der Waals surface area contributed by atoms with Gasteiger partial charge in [-0.2, -0.15) is 0 Å². The largest absolute Gasteiger partial charge is 0.416 e. The Hall–Kier alpha value is -1.99. The standard InChI is InChI=1S/C24H31BrN2O4/c1-22(2,3)26-19-18(30-20(28)15-9-11-16(25)12-10-15)17(21(29)31-19)24(13-7-8-14-24)27-23(4,5)6/h9-12,27H,7-8,13-14H2,1-6H3. The van der Waals surface area contributed by atoms with Crippen molar-refractivity contribution in [3.63, 3.8) is 0 Å². The number of aliphatic imine (C=N–C) groups is 1. The molecule has 6 nitrogen and oxygen atoms in total. The third-order valence-corrected chi connectivity index (χ3v) is 5.61. The molecule has 0 radical (unpaired) electrons. The molecule has 2 aliphatic rings. The molecule has 0 amide bonds. The zero-order chi connectivity index (χ0) is 23.0. The van der Waals surface area contributed by atoms with Crippen molar-refractivity contribution in [3.8, 4) is 0 Å². The van der Waals surface area contributed by atoms with Crippen LogP contribution in [0.1, 0.15) is 77.6 Å². The van der Waals surface area contributed by atoms with Crippen molar-refractivity contribution >= 4 is 33.8 Å². The van der Waals surface area contributed by atoms with E-state index in [1.165, 1.54) is 0 Å². The molecule has 1 heterocycles. The van der Waals surface area contributed by atoms with Crippen LogP contribution in [0.15, 0.2) is 45.1 Å². The highest BCUT2D eigenvalue weighted by Gasteiger charge is 2.51. The highest BCUT2D eigenvalue weighted by atomic mass is 79.9. The number of hydrogen-bond acceptors (Lipinski definition) is 6. The molecule has 0 bridgehead atoms. The van der Waals surface area contributed by atoms with Gasteiger partial charge in [-0.1, -0.05) is 28.8 Å². The summed E-state index contributed by atoms with van der Waals surface area (Å²) in [4.78, 5) is 30.6. The van der Waals surface area contributed by atoms with E-state index in [0.717, 1.165) is 30.2 Å². The predicted octanol–water partition coefficient (Wildman–Crippen LogP) is 5.31. The summed E-state index contributed by atoms with van der Waals surface area (Å²) in [5.74, 6) is -0.851. The molecule has 0 atom stereocenters. The lowest BCUT2D eigenvalue weighted by Gasteiger charge is -2.37. The van der Waals surface area contributed by atoms with Crippen LogP contribution in [0.3, 0.4) is 0 Å². The number of halogens is 1. The van der Waals surface area contributed by atoms with Crippen LogP contribution in [0.2, 0.25) is 0 Å². The topological polar surface area (TPSA) is 77.0 Å². The van der Waals surface area contributed by atoms with Gasteiger partial charge in [0.1, 0.15) is 5.57 Å². The smallest absolute Gasteiger partial charge is 0.346 e. The Balaban J connectivity index is 2.12. The summed E-state index contributed by atoms with van der Waals surface area (Å²) in [6.07, 6.45) is 3.47. The summed E-state index contributed by atoms with van der Waals surface area (Å²) in [5.41, 5.74) is -0.634. The molecule has 1 fully saturated rings. The molecule has 1 aliphatic heterocycles. The number of esters is 2. The summed E-state index contributed by atoms with van der Waals surface area (Å²) in [6, 6.07) is 6.88. The minimum atomic E-state index is -0.625. The molecule has 1 aromatic carbocycles. The second kappa shape index (κ2) is 8.51. The summed E-state index contributed by atoms with van der Waals surface area (Å²) >= 11 is 3.37. The number of nitrogens with one attached hydrogen (secondary N) is 1. The molecule has 1 aliphatic carbocycles. The van der Waals surface area contributed by atoms with Crippen molar-refractivity contribution in [3.05, 3.63) is 45.6 Å². The Morgan fingerprint density at radius 2 is 1.68 bits per heavy atom. The molecule has 31 heavy (non-hydrogen) atoms. The molecule has 0 aromatic heterocycles. The normalized spacial score (nSPS) is 20.4. The second-order valence-electron chi connectivity index (χ2n) is 10.2. The van der Waals surface area contributed by atoms with Crippen molar-refractivity contribution in [2.75, 3.05) is 0 Å². The lowest BCUT2D eigenvalue weighted by atomic mass is 9.84. The van der Waals surface area contributed by atoms with E-state index in [1.54, 1.807) is 24.3 Å². The fourth-order valence-corrected chi connectivity index (χ4v) is 4.41. The fraction of sp³-hybridized carbons (Fsp3) is 0.542. The van der Waals surface area contributed by atoms with E-state index in [9.17, 15) is 9.59 Å². The molecular weight excluding hydrogens is 460 g/mol. The third kappa shape index (κ3) is 5.63. The Kier molecular flexibility index (Phi) is 6.50. The van der Waals surface area contributed by atoms with Gasteiger partial charge in [0.05, 0.1) is 16.6 Å². The first kappa shape index (κ1) is 23.7. The van der Waals surface area contributed by atoms with Crippen molar-refractivity contribution in [1.29, 1.82) is 0 Å². The van der Waals surface area contributed by atoms with Crippen LogP contribution in [0, 0.1) is 0 Å². The van der Waals surface area contributed by atoms with E-state index >= 15 is 0 Å². The lowest BCUT2D eigenvalue weighted by molar-refractivity contribution is -0.131. The van der Waals surface area contributed by atoms with Gasteiger partial charge in [0.2, 0.25) is 5.76 Å². The van der Waals surface area contributed by atoms with Crippen LogP contribution in [0.25, 0.3) is 0 Å². The van der Waals surface area contributed by atoms with Crippen molar-refractivity contribution in [2.24, 2.45) is 4.99 Å². The molecule has 7 heteroatoms. The van der Waals surface area contributed by atoms with Crippen LogP contribution in [-0.2, 0) is 14.3 Å². The number of benzene rings is 1. The van der Waals surface area contributed by atoms with Crippen LogP contribution in [0.5, 0.6) is 0 Å². The zero-order valence-electron chi connectivity index (χ0n) is 19.1. The number of hydrogen-bond donors (Lipinski definition) is 1. The predicted molar refractivity (Wildman–Crippen MR) is 124 cm³/mol. The Labute approximate surface area is 192 Å². The van der Waals surface area contributed by atoms with E-state index in [4.69, 9.17) is 9.47 Å². The number of nitrogens with zero attached hydrogens (tertiary/aromatic N) is 1. The maximum Gasteiger partial charge on any atom is 0.346 e. The zero-order valence-corrected chi connectivity index (χ0v) is 20.7. The SMILES string of the molecule is CC(C)(C)N=C1OC(=O)C(C2(NC(C)(C)C)CCCC2)=C1OC(=O)c1ccc(Br)cc1. The van der Waals surface area contributed by atoms with Gasteiger partial charge in [-0.25, -0.2) is 14.6 Å². The summed E-state index contributed by atoms with van der Waals surface area (Å²) < 4.78 is 12.3. The highest BCUT2D eigenvalue weighted by molar-refractivity contribution is 9.10. The van der Waals surface area contributed by atoms with Gasteiger partial charge in [-0.15, -0.1) is 0 Å². The average molecular weight is 491 g/mol. The second-order valence-corrected chi connectivity index (χ2v) is 11.2. The Morgan fingerprint density at radius 1 is 1.10 bits per heavy atom. The molecule has 0 unspecified atom stereocenters. The third-order valence-electron chi connectivity index (χ3n) is 5.08. The van der Waals surface area contributed by atoms with Gasteiger partial charge in [0.25, 0.3) is 5.90 Å². The van der Waals surface area contributed by atoms with Gasteiger partial charge >= 0.3 is 11.9 Å². The van der Waals surface area contributed by atoms with E-state index in [2.05, 4.69) is 47.0 Å². The van der Waals surface area contributed by atoms with Crippen LogP contribution in [-0.4, -0.2) is 34.5 Å². The highest BCUT2D eigenvalue weighted by Crippen LogP contribution is 2.42. The first-order valence-corrected chi connectivity index (χ1v) is 11.4. The van der Waals surface area contributed by atoms with E-state index in [1.807, 2.05) is 20.8 Å². The van der Waals surface area contributed by atoms with Crippen molar-refractivity contribution in [2.45, 2.75) is 83.8 Å². The maximum absolute atomic E-state index is 13.1. The van der Waals surface area contributed by atoms with Crippen LogP contribution in [0.4, 0.5) is 0 Å². The average Bonchev–Trinajstić information content (AvgIpc) is 3.18. The first-order chi connectivity index (χ1) is 14.3. The van der Waals surface area contributed by atoms with Gasteiger partial charge in [0, 0.05) is 10.0 Å². The number of ether oxygens (including phenoxy) is 2. The molecule has 1 aromatic rings. The van der Waals surface area contributed by atoms with E-state index < -0.39 is 23.0 Å². The van der Waals surface area contributed by atoms with Gasteiger partial charge in [0.15, 0.2) is 0 Å². The fourth-order valence-electron chi connectivity index (χ4n) is 4.14. The van der Waals surface area contributed by atoms with Gasteiger partial charge < -0.3 is 14.8 Å². The first-order valence-electron chi connectivity index (χ1n) is 10.6. The molecule has 1 saturated carbocycles. The van der Waals surface area contributed by atoms with Gasteiger partial charge in [-0.3, -0.25) is 0 Å². The number of cyclic esters (lactones) is 1. The minimum Gasteiger partial charge on any atom is -0.416 e. The quantitative estimate of drug-likeness (QED) is 0.578. The summed E-state index contributed by atoms with van der Waals surface area (Å²) in [5, 5.41) is 3.63. The number of carbonyl (C=O) groups is 2. The molecule has 3 rings (SSSR count). The summed E-state index contributed by atoms with van der Waals surface area (Å²) in [6.45, 7) is 11.9. The van der Waals surface area contributed by atoms with Crippen molar-refractivity contribution in [1.82, 2.24) is 5.32 Å². The summed E-state index contributed by atoms with van der Waals surface area (Å²) in [7, 11) is 0. The molecule has 0 spiro atoms. The molecule has 168 valence electrons. The number of carbonyl (C=O) groups excluding carboxylic acids is 2. The number of rotatable bonds is 4. The Morgan fingerprint density at radius 3 is 2.19 bits per heavy atom. The van der Waals surface area contributed by atoms with E-state index in [0.29, 0.717) is 11.1 Å². The Bertz CT molecular complexity index is 928. The monoisotopic (exact) mass is 490 g/mol. The van der Waals surface area contributed by atoms with Crippen molar-refractivity contribution < 1.29 is 19.1 Å². The minimum absolute atomic E-state index is 0.0694. The molecular formula is C24H31BrN2O4. The molecule has 0 saturated heterocycles. The van der Waals surface area contributed by atoms with Crippen LogP contribution >= 0.6 is 15.9 Å².